The molecule has 5 heteroatoms. The maximum atomic E-state index is 5.86. The van der Waals surface area contributed by atoms with Crippen LogP contribution in [0.15, 0.2) is 42.6 Å². The molecule has 0 aliphatic carbocycles. The average Bonchev–Trinajstić information content (AvgIpc) is 2.51. The lowest BCUT2D eigenvalue weighted by Gasteiger charge is -2.07. The fraction of sp³-hybridized carbons (Fsp3) is 0.133. The minimum atomic E-state index is 0.455. The second kappa shape index (κ2) is 5.13. The third kappa shape index (κ3) is 2.25. The van der Waals surface area contributed by atoms with Crippen LogP contribution in [-0.4, -0.2) is 22.3 Å². The summed E-state index contributed by atoms with van der Waals surface area (Å²) >= 11 is 0. The van der Waals surface area contributed by atoms with Gasteiger partial charge in [0.1, 0.15) is 0 Å². The Morgan fingerprint density at radius 1 is 1.10 bits per heavy atom. The van der Waals surface area contributed by atoms with Crippen molar-refractivity contribution < 1.29 is 4.74 Å². The molecule has 0 saturated heterocycles. The minimum Gasteiger partial charge on any atom is -0.481 e. The average molecular weight is 266 g/mol. The van der Waals surface area contributed by atoms with Crippen LogP contribution in [0.25, 0.3) is 10.8 Å². The van der Waals surface area contributed by atoms with Gasteiger partial charge in [0.05, 0.1) is 12.8 Å². The molecule has 3 aromatic rings. The molecule has 0 saturated carbocycles. The van der Waals surface area contributed by atoms with Gasteiger partial charge < -0.3 is 10.5 Å². The quantitative estimate of drug-likeness (QED) is 0.786. The first-order chi connectivity index (χ1) is 9.78. The summed E-state index contributed by atoms with van der Waals surface area (Å²) < 4.78 is 5.13. The number of ether oxygens (including phenoxy) is 1. The maximum Gasteiger partial charge on any atom is 0.213 e. The van der Waals surface area contributed by atoms with Crippen molar-refractivity contribution in [2.45, 2.75) is 6.42 Å². The summed E-state index contributed by atoms with van der Waals surface area (Å²) in [5.41, 5.74) is 7.82. The Bertz CT molecular complexity index is 758. The molecule has 0 aliphatic rings. The van der Waals surface area contributed by atoms with Gasteiger partial charge in [-0.1, -0.05) is 24.3 Å². The molecule has 3 rings (SSSR count). The van der Waals surface area contributed by atoms with Gasteiger partial charge in [-0.15, -0.1) is 5.10 Å². The standard InChI is InChI=1S/C15H14N4O/c1-20-14-9-10(6-7-17-14)8-13-11-4-2-3-5-12(11)15(16)19-18-13/h2-7,9H,8H2,1H3,(H2,16,19). The second-order valence-corrected chi connectivity index (χ2v) is 4.46. The number of hydrogen-bond donors (Lipinski definition) is 1. The largest absolute Gasteiger partial charge is 0.481 e. The van der Waals surface area contributed by atoms with E-state index in [1.54, 1.807) is 13.3 Å². The SMILES string of the molecule is COc1cc(Cc2nnc(N)c3ccccc23)ccn1. The van der Waals surface area contributed by atoms with E-state index in [0.29, 0.717) is 18.1 Å². The fourth-order valence-electron chi connectivity index (χ4n) is 2.18. The highest BCUT2D eigenvalue weighted by atomic mass is 16.5. The van der Waals surface area contributed by atoms with E-state index in [4.69, 9.17) is 10.5 Å². The smallest absolute Gasteiger partial charge is 0.213 e. The zero-order chi connectivity index (χ0) is 13.9. The van der Waals surface area contributed by atoms with Crippen molar-refractivity contribution in [1.82, 2.24) is 15.2 Å². The van der Waals surface area contributed by atoms with Gasteiger partial charge in [-0.3, -0.25) is 0 Å². The zero-order valence-electron chi connectivity index (χ0n) is 11.1. The molecule has 1 aromatic carbocycles. The molecule has 0 radical (unpaired) electrons. The monoisotopic (exact) mass is 266 g/mol. The highest BCUT2D eigenvalue weighted by molar-refractivity contribution is 5.92. The molecule has 0 bridgehead atoms. The van der Waals surface area contributed by atoms with E-state index in [1.165, 1.54) is 0 Å². The Labute approximate surface area is 116 Å². The summed E-state index contributed by atoms with van der Waals surface area (Å²) in [6.45, 7) is 0. The highest BCUT2D eigenvalue weighted by Crippen LogP contribution is 2.23. The molecule has 0 aliphatic heterocycles. The van der Waals surface area contributed by atoms with E-state index >= 15 is 0 Å². The van der Waals surface area contributed by atoms with Gasteiger partial charge in [0.15, 0.2) is 5.82 Å². The summed E-state index contributed by atoms with van der Waals surface area (Å²) in [7, 11) is 1.60. The van der Waals surface area contributed by atoms with Crippen molar-refractivity contribution in [2.24, 2.45) is 0 Å². The van der Waals surface area contributed by atoms with Crippen LogP contribution in [-0.2, 0) is 6.42 Å². The number of nitrogen functional groups attached to an aromatic ring is 1. The maximum absolute atomic E-state index is 5.86. The topological polar surface area (TPSA) is 73.9 Å². The van der Waals surface area contributed by atoms with E-state index < -0.39 is 0 Å². The highest BCUT2D eigenvalue weighted by Gasteiger charge is 2.08. The number of benzene rings is 1. The summed E-state index contributed by atoms with van der Waals surface area (Å²) in [5.74, 6) is 1.05. The Kier molecular flexibility index (Phi) is 3.16. The van der Waals surface area contributed by atoms with Gasteiger partial charge in [0.25, 0.3) is 0 Å². The Balaban J connectivity index is 2.04. The van der Waals surface area contributed by atoms with Gasteiger partial charge in [-0.05, 0) is 11.6 Å². The lowest BCUT2D eigenvalue weighted by Crippen LogP contribution is -2.01. The van der Waals surface area contributed by atoms with E-state index in [1.807, 2.05) is 36.4 Å². The van der Waals surface area contributed by atoms with E-state index in [-0.39, 0.29) is 0 Å². The fourth-order valence-corrected chi connectivity index (χ4v) is 2.18. The number of anilines is 1. The normalized spacial score (nSPS) is 10.7. The Hall–Kier alpha value is -2.69. The van der Waals surface area contributed by atoms with Crippen molar-refractivity contribution in [1.29, 1.82) is 0 Å². The van der Waals surface area contributed by atoms with Crippen molar-refractivity contribution >= 4 is 16.6 Å². The first-order valence-corrected chi connectivity index (χ1v) is 6.26. The minimum absolute atomic E-state index is 0.455. The molecular weight excluding hydrogens is 252 g/mol. The third-order valence-electron chi connectivity index (χ3n) is 3.17. The predicted molar refractivity (Wildman–Crippen MR) is 77.5 cm³/mol. The van der Waals surface area contributed by atoms with Crippen LogP contribution >= 0.6 is 0 Å². The van der Waals surface area contributed by atoms with Crippen molar-refractivity contribution in [3.63, 3.8) is 0 Å². The van der Waals surface area contributed by atoms with Gasteiger partial charge in [0, 0.05) is 29.5 Å². The van der Waals surface area contributed by atoms with Crippen LogP contribution in [0, 0.1) is 0 Å². The molecular formula is C15H14N4O. The first-order valence-electron chi connectivity index (χ1n) is 6.26. The van der Waals surface area contributed by atoms with Crippen LogP contribution in [0.2, 0.25) is 0 Å². The molecule has 2 heterocycles. The molecule has 0 amide bonds. The van der Waals surface area contributed by atoms with Crippen molar-refractivity contribution in [3.8, 4) is 5.88 Å². The summed E-state index contributed by atoms with van der Waals surface area (Å²) in [5, 5.41) is 10.2. The number of fused-ring (bicyclic) bond motifs is 1. The Morgan fingerprint density at radius 3 is 2.70 bits per heavy atom. The number of rotatable bonds is 3. The molecule has 0 atom stereocenters. The van der Waals surface area contributed by atoms with Crippen molar-refractivity contribution in [3.05, 3.63) is 53.9 Å². The summed E-state index contributed by atoms with van der Waals surface area (Å²) in [6.07, 6.45) is 2.38. The molecule has 0 unspecified atom stereocenters. The Morgan fingerprint density at radius 2 is 1.90 bits per heavy atom. The molecule has 0 fully saturated rings. The van der Waals surface area contributed by atoms with Gasteiger partial charge >= 0.3 is 0 Å². The lowest BCUT2D eigenvalue weighted by molar-refractivity contribution is 0.397. The molecule has 2 N–H and O–H groups in total. The van der Waals surface area contributed by atoms with Gasteiger partial charge in [0.2, 0.25) is 5.88 Å². The summed E-state index contributed by atoms with van der Waals surface area (Å²) in [6, 6.07) is 11.7. The van der Waals surface area contributed by atoms with Crippen molar-refractivity contribution in [2.75, 3.05) is 12.8 Å². The number of methoxy groups -OCH3 is 1. The molecule has 0 spiro atoms. The van der Waals surface area contributed by atoms with Crippen LogP contribution in [0.1, 0.15) is 11.3 Å². The lowest BCUT2D eigenvalue weighted by atomic mass is 10.1. The van der Waals surface area contributed by atoms with Crippen LogP contribution in [0.4, 0.5) is 5.82 Å². The van der Waals surface area contributed by atoms with E-state index in [0.717, 1.165) is 22.0 Å². The molecule has 100 valence electrons. The number of hydrogen-bond acceptors (Lipinski definition) is 5. The zero-order valence-corrected chi connectivity index (χ0v) is 11.1. The second-order valence-electron chi connectivity index (χ2n) is 4.46. The van der Waals surface area contributed by atoms with Gasteiger partial charge in [-0.2, -0.15) is 5.10 Å². The van der Waals surface area contributed by atoms with E-state index in [2.05, 4.69) is 15.2 Å². The number of pyridine rings is 1. The van der Waals surface area contributed by atoms with Crippen LogP contribution < -0.4 is 10.5 Å². The molecule has 20 heavy (non-hydrogen) atoms. The van der Waals surface area contributed by atoms with Crippen LogP contribution in [0.5, 0.6) is 5.88 Å². The number of nitrogens with two attached hydrogens (primary N) is 1. The first kappa shape index (κ1) is 12.3. The van der Waals surface area contributed by atoms with E-state index in [9.17, 15) is 0 Å². The molecule has 2 aromatic heterocycles. The third-order valence-corrected chi connectivity index (χ3v) is 3.17. The summed E-state index contributed by atoms with van der Waals surface area (Å²) in [4.78, 5) is 4.10. The molecule has 5 nitrogen and oxygen atoms in total. The van der Waals surface area contributed by atoms with Crippen LogP contribution in [0.3, 0.4) is 0 Å². The predicted octanol–water partition coefficient (Wildman–Crippen LogP) is 2.21. The number of aromatic nitrogens is 3. The number of nitrogens with zero attached hydrogens (tertiary/aromatic N) is 3. The van der Waals surface area contributed by atoms with Gasteiger partial charge in [-0.25, -0.2) is 4.98 Å².